The van der Waals surface area contributed by atoms with Crippen LogP contribution >= 0.6 is 0 Å². The van der Waals surface area contributed by atoms with E-state index >= 15 is 0 Å². The Balaban J connectivity index is 1.49. The summed E-state index contributed by atoms with van der Waals surface area (Å²) in [5.41, 5.74) is 0.359. The summed E-state index contributed by atoms with van der Waals surface area (Å²) in [6, 6.07) is 5.67. The predicted octanol–water partition coefficient (Wildman–Crippen LogP) is 1.60. The first kappa shape index (κ1) is 22.1. The molecular weight excluding hydrogens is 404 g/mol. The molecule has 1 unspecified atom stereocenters. The zero-order valence-electron chi connectivity index (χ0n) is 16.1. The molecule has 10 heteroatoms. The number of nitrogens with zero attached hydrogens (tertiary/aromatic N) is 1. The average molecular weight is 432 g/mol. The molecule has 0 spiro atoms. The van der Waals surface area contributed by atoms with Crippen molar-refractivity contribution in [3.8, 4) is 0 Å². The van der Waals surface area contributed by atoms with Crippen molar-refractivity contribution >= 4 is 15.9 Å². The van der Waals surface area contributed by atoms with Gasteiger partial charge in [0.2, 0.25) is 10.0 Å². The second-order valence-electron chi connectivity index (χ2n) is 7.45. The normalized spacial score (nSPS) is 21.6. The summed E-state index contributed by atoms with van der Waals surface area (Å²) in [5.74, 6) is -0.298. The minimum atomic E-state index is -3.66. The van der Waals surface area contributed by atoms with Gasteiger partial charge in [-0.15, -0.1) is 0 Å². The number of ether oxygens (including phenoxy) is 1. The highest BCUT2D eigenvalue weighted by atomic mass is 32.2. The fraction of sp³-hybridized carbons (Fsp3) is 0.632. The molecule has 7 nitrogen and oxygen atoms in total. The highest BCUT2D eigenvalue weighted by Crippen LogP contribution is 2.16. The number of hydrogen-bond acceptors (Lipinski definition) is 5. The Morgan fingerprint density at radius 3 is 2.45 bits per heavy atom. The second kappa shape index (κ2) is 9.92. The van der Waals surface area contributed by atoms with E-state index in [4.69, 9.17) is 4.74 Å². The maximum atomic E-state index is 12.4. The van der Waals surface area contributed by atoms with Crippen LogP contribution in [0.25, 0.3) is 0 Å². The molecule has 0 aliphatic carbocycles. The summed E-state index contributed by atoms with van der Waals surface area (Å²) in [4.78, 5) is 14.2. The van der Waals surface area contributed by atoms with Crippen molar-refractivity contribution in [2.45, 2.75) is 49.2 Å². The Labute approximate surface area is 169 Å². The molecule has 2 heterocycles. The number of benzene rings is 1. The molecule has 2 aliphatic heterocycles. The van der Waals surface area contributed by atoms with Crippen molar-refractivity contribution in [3.05, 3.63) is 29.8 Å². The summed E-state index contributed by atoms with van der Waals surface area (Å²) < 4.78 is 57.5. The fourth-order valence-electron chi connectivity index (χ4n) is 3.60. The lowest BCUT2D eigenvalue weighted by atomic mass is 10.0. The summed E-state index contributed by atoms with van der Waals surface area (Å²) >= 11 is 0. The van der Waals surface area contributed by atoms with Gasteiger partial charge in [0.1, 0.15) is 0 Å². The lowest BCUT2D eigenvalue weighted by molar-refractivity contribution is 0.0696. The quantitative estimate of drug-likeness (QED) is 0.653. The molecule has 1 aromatic rings. The average Bonchev–Trinajstić information content (AvgIpc) is 3.21. The van der Waals surface area contributed by atoms with Gasteiger partial charge in [0.25, 0.3) is 12.3 Å². The number of amides is 1. The SMILES string of the molecule is O=C(NC1CCN(CC(F)F)CC1)c1ccc(S(=O)(=O)NCC2CCCO2)cc1. The number of likely N-dealkylation sites (tertiary alicyclic amines) is 1. The van der Waals surface area contributed by atoms with Gasteiger partial charge in [0, 0.05) is 37.8 Å². The monoisotopic (exact) mass is 431 g/mol. The Bertz CT molecular complexity index is 775. The van der Waals surface area contributed by atoms with Crippen molar-refractivity contribution in [2.24, 2.45) is 0 Å². The number of rotatable bonds is 8. The van der Waals surface area contributed by atoms with E-state index in [1.54, 1.807) is 4.90 Å². The molecule has 0 saturated carbocycles. The summed E-state index contributed by atoms with van der Waals surface area (Å²) in [5, 5.41) is 2.89. The van der Waals surface area contributed by atoms with Gasteiger partial charge in [-0.05, 0) is 49.9 Å². The number of nitrogens with one attached hydrogen (secondary N) is 2. The molecule has 0 aromatic heterocycles. The van der Waals surface area contributed by atoms with E-state index in [0.717, 1.165) is 12.8 Å². The molecule has 2 N–H and O–H groups in total. The van der Waals surface area contributed by atoms with Crippen LogP contribution in [0.4, 0.5) is 8.78 Å². The first-order valence-corrected chi connectivity index (χ1v) is 11.3. The smallest absolute Gasteiger partial charge is 0.251 e. The van der Waals surface area contributed by atoms with Gasteiger partial charge in [-0.25, -0.2) is 21.9 Å². The maximum Gasteiger partial charge on any atom is 0.251 e. The topological polar surface area (TPSA) is 87.7 Å². The standard InChI is InChI=1S/C19H27F2N3O4S/c20-18(21)13-24-9-7-15(8-10-24)23-19(25)14-3-5-17(6-4-14)29(26,27)22-12-16-2-1-11-28-16/h3-6,15-16,18,22H,1-2,7-13H2,(H,23,25). The molecule has 0 bridgehead atoms. The minimum Gasteiger partial charge on any atom is -0.377 e. The summed E-state index contributed by atoms with van der Waals surface area (Å²) in [7, 11) is -3.66. The molecule has 1 atom stereocenters. The van der Waals surface area contributed by atoms with Gasteiger partial charge in [-0.3, -0.25) is 9.69 Å². The molecule has 2 saturated heterocycles. The predicted molar refractivity (Wildman–Crippen MR) is 104 cm³/mol. The Morgan fingerprint density at radius 1 is 1.17 bits per heavy atom. The molecule has 2 aliphatic rings. The molecule has 29 heavy (non-hydrogen) atoms. The Hall–Kier alpha value is -1.62. The Morgan fingerprint density at radius 2 is 1.86 bits per heavy atom. The summed E-state index contributed by atoms with van der Waals surface area (Å²) in [6.07, 6.45) is 0.540. The van der Waals surface area contributed by atoms with Gasteiger partial charge in [0.15, 0.2) is 0 Å². The van der Waals surface area contributed by atoms with E-state index in [1.807, 2.05) is 0 Å². The Kier molecular flexibility index (Phi) is 7.55. The van der Waals surface area contributed by atoms with Crippen LogP contribution in [0.3, 0.4) is 0 Å². The van der Waals surface area contributed by atoms with Gasteiger partial charge in [-0.1, -0.05) is 0 Å². The molecule has 2 fully saturated rings. The van der Waals surface area contributed by atoms with Crippen molar-refractivity contribution in [3.63, 3.8) is 0 Å². The molecule has 1 amide bonds. The minimum absolute atomic E-state index is 0.0760. The number of piperidine rings is 1. The van der Waals surface area contributed by atoms with Crippen LogP contribution < -0.4 is 10.0 Å². The number of carbonyl (C=O) groups is 1. The van der Waals surface area contributed by atoms with Crippen LogP contribution in [0, 0.1) is 0 Å². The number of hydrogen-bond donors (Lipinski definition) is 2. The van der Waals surface area contributed by atoms with Gasteiger partial charge in [0.05, 0.1) is 17.5 Å². The molecule has 0 radical (unpaired) electrons. The second-order valence-corrected chi connectivity index (χ2v) is 9.22. The third-order valence-corrected chi connectivity index (χ3v) is 6.71. The van der Waals surface area contributed by atoms with E-state index in [0.29, 0.717) is 38.1 Å². The van der Waals surface area contributed by atoms with Crippen molar-refractivity contribution in [1.82, 2.24) is 14.9 Å². The molecule has 1 aromatic carbocycles. The van der Waals surface area contributed by atoms with E-state index in [-0.39, 0.29) is 36.0 Å². The number of carbonyl (C=O) groups excluding carboxylic acids is 1. The van der Waals surface area contributed by atoms with E-state index in [9.17, 15) is 22.0 Å². The zero-order valence-corrected chi connectivity index (χ0v) is 17.0. The lowest BCUT2D eigenvalue weighted by Crippen LogP contribution is -2.45. The number of alkyl halides is 2. The zero-order chi connectivity index (χ0) is 20.9. The van der Waals surface area contributed by atoms with Crippen LogP contribution in [0.2, 0.25) is 0 Å². The van der Waals surface area contributed by atoms with Crippen molar-refractivity contribution < 1.29 is 26.7 Å². The molecule has 3 rings (SSSR count). The summed E-state index contributed by atoms with van der Waals surface area (Å²) in [6.45, 7) is 1.68. The highest BCUT2D eigenvalue weighted by Gasteiger charge is 2.24. The highest BCUT2D eigenvalue weighted by molar-refractivity contribution is 7.89. The number of halogens is 2. The van der Waals surface area contributed by atoms with Crippen LogP contribution in [0.1, 0.15) is 36.0 Å². The van der Waals surface area contributed by atoms with E-state index in [1.165, 1.54) is 24.3 Å². The first-order valence-electron chi connectivity index (χ1n) is 9.86. The van der Waals surface area contributed by atoms with Gasteiger partial charge < -0.3 is 10.1 Å². The molecular formula is C19H27F2N3O4S. The van der Waals surface area contributed by atoms with Crippen LogP contribution in [-0.2, 0) is 14.8 Å². The van der Waals surface area contributed by atoms with Crippen LogP contribution in [0.15, 0.2) is 29.2 Å². The maximum absolute atomic E-state index is 12.4. The fourth-order valence-corrected chi connectivity index (χ4v) is 4.67. The first-order chi connectivity index (χ1) is 13.8. The third kappa shape index (κ3) is 6.43. The number of sulfonamides is 1. The van der Waals surface area contributed by atoms with Crippen LogP contribution in [0.5, 0.6) is 0 Å². The van der Waals surface area contributed by atoms with E-state index < -0.39 is 16.4 Å². The third-order valence-electron chi connectivity index (χ3n) is 5.27. The van der Waals surface area contributed by atoms with Gasteiger partial charge >= 0.3 is 0 Å². The van der Waals surface area contributed by atoms with Crippen molar-refractivity contribution in [2.75, 3.05) is 32.8 Å². The lowest BCUT2D eigenvalue weighted by Gasteiger charge is -2.32. The van der Waals surface area contributed by atoms with Crippen LogP contribution in [-0.4, -0.2) is 70.6 Å². The van der Waals surface area contributed by atoms with Crippen molar-refractivity contribution in [1.29, 1.82) is 0 Å². The van der Waals surface area contributed by atoms with E-state index in [2.05, 4.69) is 10.0 Å². The van der Waals surface area contributed by atoms with Gasteiger partial charge in [-0.2, -0.15) is 0 Å². The largest absolute Gasteiger partial charge is 0.377 e. The molecule has 162 valence electrons.